The van der Waals surface area contributed by atoms with Crippen molar-refractivity contribution in [2.45, 2.75) is 58.1 Å². The number of nitrogens with one attached hydrogen (secondary N) is 2. The first-order valence-electron chi connectivity index (χ1n) is 9.77. The van der Waals surface area contributed by atoms with Crippen LogP contribution >= 0.6 is 0 Å². The molecule has 0 spiro atoms. The third-order valence-electron chi connectivity index (χ3n) is 4.97. The Kier molecular flexibility index (Phi) is 5.59. The van der Waals surface area contributed by atoms with Gasteiger partial charge >= 0.3 is 6.09 Å². The molecule has 1 aromatic carbocycles. The average Bonchev–Trinajstić information content (AvgIpc) is 3.44. The number of fused-ring (bicyclic) bond motifs is 1. The number of hydrogen-bond acceptors (Lipinski definition) is 4. The Hall–Kier alpha value is -2.63. The minimum atomic E-state index is -0.551. The maximum Gasteiger partial charge on any atom is 0.407 e. The fraction of sp³-hybridized carbons (Fsp3) is 0.500. The lowest BCUT2D eigenvalue weighted by Crippen LogP contribution is -2.56. The van der Waals surface area contributed by atoms with Crippen LogP contribution in [0.1, 0.15) is 46.1 Å². The predicted octanol–water partition coefficient (Wildman–Crippen LogP) is 3.59. The summed E-state index contributed by atoms with van der Waals surface area (Å²) in [4.78, 5) is 29.2. The number of carbonyl (C=O) groups excluding carboxylic acids is 2. The highest BCUT2D eigenvalue weighted by Crippen LogP contribution is 2.39. The molecule has 1 atom stereocenters. The van der Waals surface area contributed by atoms with Crippen LogP contribution in [0.5, 0.6) is 0 Å². The largest absolute Gasteiger partial charge is 0.444 e. The predicted molar refractivity (Wildman–Crippen MR) is 109 cm³/mol. The zero-order chi connectivity index (χ0) is 20.4. The fourth-order valence-corrected chi connectivity index (χ4v) is 3.43. The molecule has 150 valence electrons. The summed E-state index contributed by atoms with van der Waals surface area (Å²) in [6.45, 7) is 7.80. The summed E-state index contributed by atoms with van der Waals surface area (Å²) in [6, 6.07) is 9.74. The number of ether oxygens (including phenoxy) is 1. The number of pyridine rings is 1. The van der Waals surface area contributed by atoms with Crippen molar-refractivity contribution in [3.05, 3.63) is 42.1 Å². The molecule has 0 aliphatic heterocycles. The first kappa shape index (κ1) is 20.1. The number of benzene rings is 1. The smallest absolute Gasteiger partial charge is 0.407 e. The first-order chi connectivity index (χ1) is 13.2. The fourth-order valence-electron chi connectivity index (χ4n) is 3.43. The molecule has 28 heavy (non-hydrogen) atoms. The van der Waals surface area contributed by atoms with Crippen LogP contribution in [0.2, 0.25) is 0 Å². The molecule has 1 heterocycles. The highest BCUT2D eigenvalue weighted by molar-refractivity contribution is 5.87. The standard InChI is InChI=1S/C22H29N3O3/c1-21(2,3)28-20(27)24-14-22(4,17-10-11-17)25-18(26)13-16-8-5-7-15-9-6-12-23-19(15)16/h5-9,12,17H,10-11,13-14H2,1-4H3,(H,24,27)(H,25,26). The number of nitrogens with zero attached hydrogens (tertiary/aromatic N) is 1. The Morgan fingerprint density at radius 3 is 2.54 bits per heavy atom. The highest BCUT2D eigenvalue weighted by Gasteiger charge is 2.43. The van der Waals surface area contributed by atoms with Gasteiger partial charge in [0.05, 0.1) is 17.5 Å². The van der Waals surface area contributed by atoms with Crippen molar-refractivity contribution in [3.63, 3.8) is 0 Å². The van der Waals surface area contributed by atoms with E-state index in [0.29, 0.717) is 12.5 Å². The Bertz CT molecular complexity index is 865. The van der Waals surface area contributed by atoms with Crippen molar-refractivity contribution in [3.8, 4) is 0 Å². The lowest BCUT2D eigenvalue weighted by molar-refractivity contribution is -0.122. The average molecular weight is 383 g/mol. The van der Waals surface area contributed by atoms with Crippen LogP contribution in [0.4, 0.5) is 4.79 Å². The number of para-hydroxylation sites is 1. The van der Waals surface area contributed by atoms with E-state index in [9.17, 15) is 9.59 Å². The molecular weight excluding hydrogens is 354 g/mol. The van der Waals surface area contributed by atoms with Crippen molar-refractivity contribution in [2.75, 3.05) is 6.54 Å². The molecule has 1 saturated carbocycles. The molecule has 1 unspecified atom stereocenters. The molecule has 1 aliphatic rings. The van der Waals surface area contributed by atoms with E-state index < -0.39 is 17.2 Å². The van der Waals surface area contributed by atoms with Crippen LogP contribution in [0.25, 0.3) is 10.9 Å². The van der Waals surface area contributed by atoms with Gasteiger partial charge in [-0.05, 0) is 58.1 Å². The molecule has 0 saturated heterocycles. The van der Waals surface area contributed by atoms with Gasteiger partial charge in [-0.25, -0.2) is 4.79 Å². The van der Waals surface area contributed by atoms with Gasteiger partial charge in [0.2, 0.25) is 5.91 Å². The number of rotatable bonds is 6. The molecular formula is C22H29N3O3. The van der Waals surface area contributed by atoms with E-state index in [2.05, 4.69) is 15.6 Å². The van der Waals surface area contributed by atoms with Gasteiger partial charge in [-0.1, -0.05) is 24.3 Å². The number of hydrogen-bond donors (Lipinski definition) is 2. The van der Waals surface area contributed by atoms with Gasteiger partial charge in [-0.2, -0.15) is 0 Å². The van der Waals surface area contributed by atoms with Crippen LogP contribution < -0.4 is 10.6 Å². The van der Waals surface area contributed by atoms with Crippen LogP contribution in [-0.4, -0.2) is 34.7 Å². The summed E-state index contributed by atoms with van der Waals surface area (Å²) >= 11 is 0. The summed E-state index contributed by atoms with van der Waals surface area (Å²) < 4.78 is 5.31. The van der Waals surface area contributed by atoms with Crippen LogP contribution in [0.3, 0.4) is 0 Å². The maximum atomic E-state index is 12.8. The summed E-state index contributed by atoms with van der Waals surface area (Å²) in [5, 5.41) is 6.98. The minimum Gasteiger partial charge on any atom is -0.444 e. The summed E-state index contributed by atoms with van der Waals surface area (Å²) in [7, 11) is 0. The SMILES string of the molecule is CC(C)(C)OC(=O)NCC(C)(NC(=O)Cc1cccc2cccnc12)C1CC1. The van der Waals surface area contributed by atoms with Crippen LogP contribution in [-0.2, 0) is 16.0 Å². The molecule has 1 aliphatic carbocycles. The molecule has 2 amide bonds. The third-order valence-corrected chi connectivity index (χ3v) is 4.97. The van der Waals surface area contributed by atoms with Crippen molar-refractivity contribution in [2.24, 2.45) is 5.92 Å². The normalized spacial score (nSPS) is 16.3. The monoisotopic (exact) mass is 383 g/mol. The Morgan fingerprint density at radius 2 is 1.86 bits per heavy atom. The maximum absolute atomic E-state index is 12.8. The minimum absolute atomic E-state index is 0.0708. The second-order valence-electron chi connectivity index (χ2n) is 8.76. The molecule has 1 fully saturated rings. The molecule has 6 heteroatoms. The van der Waals surface area contributed by atoms with Crippen molar-refractivity contribution in [1.82, 2.24) is 15.6 Å². The number of aromatic nitrogens is 1. The number of carbonyl (C=O) groups is 2. The Labute approximate surface area is 166 Å². The lowest BCUT2D eigenvalue weighted by atomic mass is 9.95. The second-order valence-corrected chi connectivity index (χ2v) is 8.76. The van der Waals surface area contributed by atoms with E-state index in [4.69, 9.17) is 4.74 Å². The van der Waals surface area contributed by atoms with E-state index in [-0.39, 0.29) is 12.3 Å². The quantitative estimate of drug-likeness (QED) is 0.799. The zero-order valence-corrected chi connectivity index (χ0v) is 17.0. The van der Waals surface area contributed by atoms with Crippen molar-refractivity contribution >= 4 is 22.9 Å². The van der Waals surface area contributed by atoms with E-state index in [1.165, 1.54) is 0 Å². The molecule has 1 aromatic heterocycles. The first-order valence-corrected chi connectivity index (χ1v) is 9.77. The van der Waals surface area contributed by atoms with E-state index >= 15 is 0 Å². The zero-order valence-electron chi connectivity index (χ0n) is 17.0. The molecule has 6 nitrogen and oxygen atoms in total. The lowest BCUT2D eigenvalue weighted by Gasteiger charge is -2.32. The number of amides is 2. The van der Waals surface area contributed by atoms with Gasteiger partial charge in [0, 0.05) is 18.1 Å². The van der Waals surface area contributed by atoms with Gasteiger partial charge < -0.3 is 15.4 Å². The topological polar surface area (TPSA) is 80.3 Å². The molecule has 3 rings (SSSR count). The second kappa shape index (κ2) is 7.78. The van der Waals surface area contributed by atoms with Crippen LogP contribution in [0.15, 0.2) is 36.5 Å². The van der Waals surface area contributed by atoms with E-state index in [1.54, 1.807) is 6.20 Å². The summed E-state index contributed by atoms with van der Waals surface area (Å²) in [5.41, 5.74) is 0.699. The van der Waals surface area contributed by atoms with Gasteiger partial charge in [0.15, 0.2) is 0 Å². The molecule has 2 N–H and O–H groups in total. The summed E-state index contributed by atoms with van der Waals surface area (Å²) in [6.07, 6.45) is 3.61. The Morgan fingerprint density at radius 1 is 1.14 bits per heavy atom. The highest BCUT2D eigenvalue weighted by atomic mass is 16.6. The molecule has 2 aromatic rings. The van der Waals surface area contributed by atoms with Crippen molar-refractivity contribution < 1.29 is 14.3 Å². The van der Waals surface area contributed by atoms with E-state index in [1.807, 2.05) is 58.0 Å². The van der Waals surface area contributed by atoms with Gasteiger partial charge in [0.1, 0.15) is 5.60 Å². The molecule has 0 bridgehead atoms. The Balaban J connectivity index is 1.65. The van der Waals surface area contributed by atoms with Crippen LogP contribution in [0, 0.1) is 5.92 Å². The third kappa shape index (κ3) is 5.21. The van der Waals surface area contributed by atoms with E-state index in [0.717, 1.165) is 29.3 Å². The summed E-state index contributed by atoms with van der Waals surface area (Å²) in [5.74, 6) is 0.288. The van der Waals surface area contributed by atoms with Gasteiger partial charge in [-0.15, -0.1) is 0 Å². The number of alkyl carbamates (subject to hydrolysis) is 1. The van der Waals surface area contributed by atoms with Gasteiger partial charge in [-0.3, -0.25) is 9.78 Å². The molecule has 0 radical (unpaired) electrons. The van der Waals surface area contributed by atoms with Gasteiger partial charge in [0.25, 0.3) is 0 Å². The van der Waals surface area contributed by atoms with Crippen molar-refractivity contribution in [1.29, 1.82) is 0 Å².